The Labute approximate surface area is 233 Å². The lowest BCUT2D eigenvalue weighted by atomic mass is 9.94. The van der Waals surface area contributed by atoms with Crippen LogP contribution in [0.1, 0.15) is 56.8 Å². The van der Waals surface area contributed by atoms with E-state index in [9.17, 15) is 18.4 Å². The number of carbonyl (C=O) groups is 2. The zero-order valence-corrected chi connectivity index (χ0v) is 22.3. The van der Waals surface area contributed by atoms with E-state index in [-0.39, 0.29) is 35.3 Å². The topological polar surface area (TPSA) is 40.6 Å². The lowest BCUT2D eigenvalue weighted by Crippen LogP contribution is -2.49. The summed E-state index contributed by atoms with van der Waals surface area (Å²) in [6, 6.07) is 31.2. The molecule has 1 aliphatic heterocycles. The van der Waals surface area contributed by atoms with Gasteiger partial charge in [0.15, 0.2) is 11.6 Å². The number of rotatable bonds is 10. The number of benzene rings is 4. The maximum atomic E-state index is 13.4. The van der Waals surface area contributed by atoms with Gasteiger partial charge in [0.2, 0.25) is 0 Å². The third-order valence-electron chi connectivity index (χ3n) is 7.69. The van der Waals surface area contributed by atoms with Gasteiger partial charge in [0.25, 0.3) is 0 Å². The lowest BCUT2D eigenvalue weighted by Gasteiger charge is -2.42. The fraction of sp³-hybridized carbons (Fsp3) is 0.235. The third-order valence-corrected chi connectivity index (χ3v) is 7.69. The highest BCUT2D eigenvalue weighted by molar-refractivity contribution is 5.97. The third kappa shape index (κ3) is 6.76. The van der Waals surface area contributed by atoms with Gasteiger partial charge in [-0.05, 0) is 59.7 Å². The van der Waals surface area contributed by atoms with Gasteiger partial charge in [-0.2, -0.15) is 0 Å². The molecule has 1 heterocycles. The Morgan fingerprint density at radius 1 is 0.525 bits per heavy atom. The monoisotopic (exact) mass is 538 g/mol. The molecule has 0 bridgehead atoms. The summed E-state index contributed by atoms with van der Waals surface area (Å²) in [4.78, 5) is 31.1. The van der Waals surface area contributed by atoms with Gasteiger partial charge in [-0.1, -0.05) is 60.7 Å². The highest BCUT2D eigenvalue weighted by atomic mass is 19.1. The molecule has 0 aromatic heterocycles. The van der Waals surface area contributed by atoms with E-state index in [2.05, 4.69) is 9.80 Å². The van der Waals surface area contributed by atoms with Crippen LogP contribution in [0.4, 0.5) is 8.78 Å². The summed E-state index contributed by atoms with van der Waals surface area (Å²) in [7, 11) is 0. The summed E-state index contributed by atoms with van der Waals surface area (Å²) in [5, 5.41) is 0. The summed E-state index contributed by atoms with van der Waals surface area (Å²) in [6.07, 6.45) is 0.585. The summed E-state index contributed by atoms with van der Waals surface area (Å²) < 4.78 is 26.8. The molecule has 5 rings (SSSR count). The largest absolute Gasteiger partial charge is 0.294 e. The molecule has 4 aromatic carbocycles. The molecule has 40 heavy (non-hydrogen) atoms. The van der Waals surface area contributed by atoms with Crippen LogP contribution in [0, 0.1) is 11.6 Å². The quantitative estimate of drug-likeness (QED) is 0.206. The molecule has 1 fully saturated rings. The van der Waals surface area contributed by atoms with Crippen LogP contribution in [0.2, 0.25) is 0 Å². The van der Waals surface area contributed by atoms with Gasteiger partial charge in [0.1, 0.15) is 11.6 Å². The number of hydrogen-bond donors (Lipinski definition) is 0. The molecular formula is C34H32F2N2O2. The first-order valence-corrected chi connectivity index (χ1v) is 13.6. The molecule has 0 N–H and O–H groups in total. The average molecular weight is 539 g/mol. The second-order valence-electron chi connectivity index (χ2n) is 10.2. The van der Waals surface area contributed by atoms with E-state index in [4.69, 9.17) is 0 Å². The molecule has 0 unspecified atom stereocenters. The number of carbonyl (C=O) groups excluding carboxylic acids is 2. The Kier molecular flexibility index (Phi) is 8.89. The predicted octanol–water partition coefficient (Wildman–Crippen LogP) is 6.91. The van der Waals surface area contributed by atoms with Gasteiger partial charge in [-0.25, -0.2) is 8.78 Å². The van der Waals surface area contributed by atoms with Crippen molar-refractivity contribution in [2.24, 2.45) is 0 Å². The fourth-order valence-electron chi connectivity index (χ4n) is 5.49. The van der Waals surface area contributed by atoms with E-state index in [1.807, 2.05) is 60.7 Å². The summed E-state index contributed by atoms with van der Waals surface area (Å²) in [6.45, 7) is 2.91. The zero-order chi connectivity index (χ0) is 27.9. The van der Waals surface area contributed by atoms with Crippen molar-refractivity contribution in [1.29, 1.82) is 0 Å². The maximum absolute atomic E-state index is 13.4. The molecule has 0 aliphatic carbocycles. The van der Waals surface area contributed by atoms with Gasteiger partial charge in [0, 0.05) is 62.2 Å². The zero-order valence-electron chi connectivity index (χ0n) is 22.3. The van der Waals surface area contributed by atoms with Crippen molar-refractivity contribution < 1.29 is 18.4 Å². The first-order valence-electron chi connectivity index (χ1n) is 13.6. The molecule has 1 aliphatic rings. The summed E-state index contributed by atoms with van der Waals surface area (Å²) >= 11 is 0. The minimum absolute atomic E-state index is 0.0247. The molecule has 4 nitrogen and oxygen atoms in total. The smallest absolute Gasteiger partial charge is 0.164 e. The van der Waals surface area contributed by atoms with Crippen LogP contribution < -0.4 is 0 Å². The lowest BCUT2D eigenvalue weighted by molar-refractivity contribution is 0.0557. The Bertz CT molecular complexity index is 1290. The van der Waals surface area contributed by atoms with Gasteiger partial charge >= 0.3 is 0 Å². The summed E-state index contributed by atoms with van der Waals surface area (Å²) in [5.74, 6) is -0.775. The van der Waals surface area contributed by atoms with Crippen molar-refractivity contribution in [3.8, 4) is 0 Å². The van der Waals surface area contributed by atoms with Crippen LogP contribution >= 0.6 is 0 Å². The minimum atomic E-state index is -0.363. The number of ketones is 2. The fourth-order valence-corrected chi connectivity index (χ4v) is 5.49. The van der Waals surface area contributed by atoms with Gasteiger partial charge < -0.3 is 0 Å². The van der Waals surface area contributed by atoms with Crippen molar-refractivity contribution in [2.45, 2.75) is 24.9 Å². The van der Waals surface area contributed by atoms with E-state index in [0.29, 0.717) is 24.0 Å². The molecule has 0 saturated carbocycles. The Morgan fingerprint density at radius 3 is 1.18 bits per heavy atom. The van der Waals surface area contributed by atoms with Gasteiger partial charge in [0.05, 0.1) is 0 Å². The van der Waals surface area contributed by atoms with Crippen LogP contribution in [0.25, 0.3) is 0 Å². The molecule has 4 aromatic rings. The molecule has 0 amide bonds. The van der Waals surface area contributed by atoms with Gasteiger partial charge in [-0.3, -0.25) is 19.4 Å². The normalized spacial score (nSPS) is 15.8. The Morgan fingerprint density at radius 2 is 0.850 bits per heavy atom. The molecule has 0 spiro atoms. The molecule has 1 saturated heterocycles. The molecular weight excluding hydrogens is 506 g/mol. The predicted molar refractivity (Wildman–Crippen MR) is 152 cm³/mol. The van der Waals surface area contributed by atoms with Crippen molar-refractivity contribution in [3.05, 3.63) is 143 Å². The number of halogens is 2. The standard InChI is InChI=1S/C34H32F2N2O2/c35-29-15-11-27(12-16-29)33(39)23-31(25-7-3-1-4-8-25)37-19-21-38(22-20-37)32(26-9-5-2-6-10-26)24-34(40)28-13-17-30(36)18-14-28/h1-18,31-32H,19-24H2/t31-,32+. The van der Waals surface area contributed by atoms with Crippen LogP contribution in [-0.2, 0) is 0 Å². The first-order chi connectivity index (χ1) is 19.5. The molecule has 0 radical (unpaired) electrons. The summed E-state index contributed by atoms with van der Waals surface area (Å²) in [5.41, 5.74) is 3.14. The highest BCUT2D eigenvalue weighted by Gasteiger charge is 2.31. The maximum Gasteiger partial charge on any atom is 0.164 e. The van der Waals surface area contributed by atoms with E-state index in [1.165, 1.54) is 24.3 Å². The molecule has 6 heteroatoms. The van der Waals surface area contributed by atoms with Crippen molar-refractivity contribution in [3.63, 3.8) is 0 Å². The molecule has 204 valence electrons. The van der Waals surface area contributed by atoms with E-state index in [0.717, 1.165) is 37.3 Å². The van der Waals surface area contributed by atoms with E-state index < -0.39 is 0 Å². The van der Waals surface area contributed by atoms with Gasteiger partial charge in [-0.15, -0.1) is 0 Å². The number of piperazine rings is 1. The van der Waals surface area contributed by atoms with Crippen molar-refractivity contribution >= 4 is 11.6 Å². The van der Waals surface area contributed by atoms with Crippen LogP contribution in [0.3, 0.4) is 0 Å². The SMILES string of the molecule is O=C(C[C@H](c1ccccc1)N1CCN([C@@H](CC(=O)c2ccc(F)cc2)c2ccccc2)CC1)c1ccc(F)cc1. The Balaban J connectivity index is 1.32. The average Bonchev–Trinajstić information content (AvgIpc) is 3.00. The second kappa shape index (κ2) is 12.9. The minimum Gasteiger partial charge on any atom is -0.294 e. The van der Waals surface area contributed by atoms with E-state index in [1.54, 1.807) is 24.3 Å². The van der Waals surface area contributed by atoms with Crippen LogP contribution in [-0.4, -0.2) is 47.5 Å². The molecule has 2 atom stereocenters. The number of nitrogens with zero attached hydrogens (tertiary/aromatic N) is 2. The van der Waals surface area contributed by atoms with Crippen LogP contribution in [0.15, 0.2) is 109 Å². The second-order valence-corrected chi connectivity index (χ2v) is 10.2. The number of Topliss-reactive ketones (excluding diaryl/α,β-unsaturated/α-hetero) is 2. The van der Waals surface area contributed by atoms with Crippen LogP contribution in [0.5, 0.6) is 0 Å². The van der Waals surface area contributed by atoms with Crippen molar-refractivity contribution in [1.82, 2.24) is 9.80 Å². The number of hydrogen-bond acceptors (Lipinski definition) is 4. The first kappa shape index (κ1) is 27.6. The Hall–Kier alpha value is -4.00. The van der Waals surface area contributed by atoms with Crippen molar-refractivity contribution in [2.75, 3.05) is 26.2 Å². The van der Waals surface area contributed by atoms with E-state index >= 15 is 0 Å². The highest BCUT2D eigenvalue weighted by Crippen LogP contribution is 2.31.